The molecule has 0 aromatic heterocycles. The number of primary amides is 1. The standard InChI is InChI=1S/C13H15FN2O3/c14-11-1-2-12(10(5-11)7-17)16-4-3-9(6-16)8-19-13(15)18/h1-2,5,7,9H,3-4,6,8H2,(H2,15,18). The third-order valence-electron chi connectivity index (χ3n) is 3.20. The van der Waals surface area contributed by atoms with Gasteiger partial charge in [-0.15, -0.1) is 0 Å². The number of halogens is 1. The number of anilines is 1. The van der Waals surface area contributed by atoms with Gasteiger partial charge in [-0.3, -0.25) is 4.79 Å². The minimum absolute atomic E-state index is 0.178. The molecule has 0 aliphatic carbocycles. The summed E-state index contributed by atoms with van der Waals surface area (Å²) in [6.45, 7) is 1.66. The van der Waals surface area contributed by atoms with Crippen LogP contribution in [-0.4, -0.2) is 32.1 Å². The van der Waals surface area contributed by atoms with E-state index < -0.39 is 11.9 Å². The SMILES string of the molecule is NC(=O)OCC1CCN(c2ccc(F)cc2C=O)C1. The van der Waals surface area contributed by atoms with Crippen molar-refractivity contribution in [2.24, 2.45) is 11.7 Å². The first-order valence-electron chi connectivity index (χ1n) is 6.02. The molecule has 19 heavy (non-hydrogen) atoms. The predicted octanol–water partition coefficient (Wildman–Crippen LogP) is 1.56. The Hall–Kier alpha value is -2.11. The molecule has 6 heteroatoms. The second kappa shape index (κ2) is 5.69. The topological polar surface area (TPSA) is 72.6 Å². The molecule has 0 radical (unpaired) electrons. The number of carbonyl (C=O) groups is 2. The second-order valence-corrected chi connectivity index (χ2v) is 4.55. The zero-order chi connectivity index (χ0) is 13.8. The number of hydrogen-bond donors (Lipinski definition) is 1. The first-order chi connectivity index (χ1) is 9.10. The molecule has 0 bridgehead atoms. The van der Waals surface area contributed by atoms with Gasteiger partial charge in [-0.25, -0.2) is 9.18 Å². The lowest BCUT2D eigenvalue weighted by molar-refractivity contribution is 0.112. The summed E-state index contributed by atoms with van der Waals surface area (Å²) in [7, 11) is 0. The third-order valence-corrected chi connectivity index (χ3v) is 3.20. The minimum atomic E-state index is -0.784. The maximum absolute atomic E-state index is 13.1. The fourth-order valence-electron chi connectivity index (χ4n) is 2.30. The van der Waals surface area contributed by atoms with Crippen LogP contribution in [-0.2, 0) is 4.74 Å². The Balaban J connectivity index is 2.04. The van der Waals surface area contributed by atoms with Crippen molar-refractivity contribution < 1.29 is 18.7 Å². The molecule has 1 aromatic carbocycles. The quantitative estimate of drug-likeness (QED) is 0.839. The minimum Gasteiger partial charge on any atom is -0.449 e. The van der Waals surface area contributed by atoms with Crippen molar-refractivity contribution in [2.75, 3.05) is 24.6 Å². The Morgan fingerprint density at radius 1 is 1.58 bits per heavy atom. The smallest absolute Gasteiger partial charge is 0.404 e. The molecule has 1 aliphatic heterocycles. The molecule has 1 saturated heterocycles. The molecule has 1 fully saturated rings. The van der Waals surface area contributed by atoms with Gasteiger partial charge in [0.05, 0.1) is 6.61 Å². The molecule has 0 spiro atoms. The van der Waals surface area contributed by atoms with E-state index in [0.717, 1.165) is 13.0 Å². The van der Waals surface area contributed by atoms with Crippen LogP contribution < -0.4 is 10.6 Å². The maximum Gasteiger partial charge on any atom is 0.404 e. The highest BCUT2D eigenvalue weighted by atomic mass is 19.1. The van der Waals surface area contributed by atoms with Crippen LogP contribution in [0.25, 0.3) is 0 Å². The Morgan fingerprint density at radius 2 is 2.37 bits per heavy atom. The highest BCUT2D eigenvalue weighted by Crippen LogP contribution is 2.27. The number of nitrogens with two attached hydrogens (primary N) is 1. The van der Waals surface area contributed by atoms with E-state index in [1.54, 1.807) is 6.07 Å². The van der Waals surface area contributed by atoms with E-state index in [1.807, 2.05) is 4.90 Å². The number of nitrogens with zero attached hydrogens (tertiary/aromatic N) is 1. The van der Waals surface area contributed by atoms with Gasteiger partial charge in [-0.05, 0) is 24.6 Å². The fraction of sp³-hybridized carbons (Fsp3) is 0.385. The molecule has 0 saturated carbocycles. The summed E-state index contributed by atoms with van der Waals surface area (Å²) in [6.07, 6.45) is 0.697. The molecule has 2 rings (SSSR count). The molecule has 1 aliphatic rings. The molecule has 1 amide bonds. The number of amides is 1. The van der Waals surface area contributed by atoms with E-state index in [2.05, 4.69) is 0 Å². The van der Waals surface area contributed by atoms with Crippen molar-refractivity contribution in [1.82, 2.24) is 0 Å². The molecule has 1 atom stereocenters. The van der Waals surface area contributed by atoms with Crippen LogP contribution in [0.1, 0.15) is 16.8 Å². The first kappa shape index (κ1) is 13.3. The summed E-state index contributed by atoms with van der Waals surface area (Å²) in [4.78, 5) is 23.5. The van der Waals surface area contributed by atoms with Crippen molar-refractivity contribution in [3.8, 4) is 0 Å². The Morgan fingerprint density at radius 3 is 3.05 bits per heavy atom. The average Bonchev–Trinajstić information content (AvgIpc) is 2.84. The van der Waals surface area contributed by atoms with E-state index in [4.69, 9.17) is 10.5 Å². The summed E-state index contributed by atoms with van der Waals surface area (Å²) in [6, 6.07) is 4.14. The van der Waals surface area contributed by atoms with Crippen LogP contribution in [0.15, 0.2) is 18.2 Å². The number of carbonyl (C=O) groups excluding carboxylic acids is 2. The van der Waals surface area contributed by atoms with E-state index in [0.29, 0.717) is 24.1 Å². The van der Waals surface area contributed by atoms with Gasteiger partial charge in [0, 0.05) is 30.3 Å². The average molecular weight is 266 g/mol. The summed E-state index contributed by atoms with van der Waals surface area (Å²) < 4.78 is 17.8. The van der Waals surface area contributed by atoms with Crippen molar-refractivity contribution in [3.05, 3.63) is 29.6 Å². The Bertz CT molecular complexity index is 493. The zero-order valence-electron chi connectivity index (χ0n) is 10.3. The highest BCUT2D eigenvalue weighted by Gasteiger charge is 2.25. The molecular formula is C13H15FN2O3. The van der Waals surface area contributed by atoms with Crippen LogP contribution in [0.2, 0.25) is 0 Å². The molecule has 1 heterocycles. The van der Waals surface area contributed by atoms with Gasteiger partial charge in [0.2, 0.25) is 0 Å². The predicted molar refractivity (Wildman–Crippen MR) is 67.6 cm³/mol. The molecule has 102 valence electrons. The molecule has 1 unspecified atom stereocenters. The number of benzene rings is 1. The lowest BCUT2D eigenvalue weighted by Gasteiger charge is -2.20. The van der Waals surface area contributed by atoms with Gasteiger partial charge in [-0.1, -0.05) is 0 Å². The van der Waals surface area contributed by atoms with E-state index in [1.165, 1.54) is 12.1 Å². The number of rotatable bonds is 4. The van der Waals surface area contributed by atoms with Crippen LogP contribution in [0.4, 0.5) is 14.9 Å². The largest absolute Gasteiger partial charge is 0.449 e. The van der Waals surface area contributed by atoms with Gasteiger partial charge in [0.15, 0.2) is 6.29 Å². The molecule has 2 N–H and O–H groups in total. The van der Waals surface area contributed by atoms with Crippen molar-refractivity contribution >= 4 is 18.1 Å². The lowest BCUT2D eigenvalue weighted by Crippen LogP contribution is -2.24. The monoisotopic (exact) mass is 266 g/mol. The first-order valence-corrected chi connectivity index (χ1v) is 6.02. The summed E-state index contributed by atoms with van der Waals surface area (Å²) >= 11 is 0. The fourth-order valence-corrected chi connectivity index (χ4v) is 2.30. The number of hydrogen-bond acceptors (Lipinski definition) is 4. The zero-order valence-corrected chi connectivity index (χ0v) is 10.3. The van der Waals surface area contributed by atoms with Crippen LogP contribution >= 0.6 is 0 Å². The van der Waals surface area contributed by atoms with Gasteiger partial charge in [0.25, 0.3) is 0 Å². The maximum atomic E-state index is 13.1. The normalized spacial score (nSPS) is 18.4. The third kappa shape index (κ3) is 3.21. The molecule has 5 nitrogen and oxygen atoms in total. The summed E-state index contributed by atoms with van der Waals surface area (Å²) in [5, 5.41) is 0. The lowest BCUT2D eigenvalue weighted by atomic mass is 10.1. The number of ether oxygens (including phenoxy) is 1. The van der Waals surface area contributed by atoms with Crippen LogP contribution in [0.5, 0.6) is 0 Å². The number of aldehydes is 1. The van der Waals surface area contributed by atoms with Gasteiger partial charge >= 0.3 is 6.09 Å². The van der Waals surface area contributed by atoms with Gasteiger partial charge in [0.1, 0.15) is 5.82 Å². The van der Waals surface area contributed by atoms with Gasteiger partial charge < -0.3 is 15.4 Å². The van der Waals surface area contributed by atoms with Crippen molar-refractivity contribution in [1.29, 1.82) is 0 Å². The highest BCUT2D eigenvalue weighted by molar-refractivity contribution is 5.84. The van der Waals surface area contributed by atoms with Crippen molar-refractivity contribution in [2.45, 2.75) is 6.42 Å². The van der Waals surface area contributed by atoms with Crippen LogP contribution in [0, 0.1) is 11.7 Å². The van der Waals surface area contributed by atoms with E-state index in [9.17, 15) is 14.0 Å². The van der Waals surface area contributed by atoms with Gasteiger partial charge in [-0.2, -0.15) is 0 Å². The summed E-state index contributed by atoms with van der Waals surface area (Å²) in [5.74, 6) is -0.254. The van der Waals surface area contributed by atoms with E-state index in [-0.39, 0.29) is 12.5 Å². The van der Waals surface area contributed by atoms with Crippen LogP contribution in [0.3, 0.4) is 0 Å². The molecule has 1 aromatic rings. The Labute approximate surface area is 110 Å². The second-order valence-electron chi connectivity index (χ2n) is 4.55. The van der Waals surface area contributed by atoms with Crippen molar-refractivity contribution in [3.63, 3.8) is 0 Å². The Kier molecular flexibility index (Phi) is 3.99. The summed E-state index contributed by atoms with van der Waals surface area (Å²) in [5.41, 5.74) is 5.95. The van der Waals surface area contributed by atoms with E-state index >= 15 is 0 Å². The molecular weight excluding hydrogens is 251 g/mol.